The Kier molecular flexibility index (Phi) is 7.35. The van der Waals surface area contributed by atoms with E-state index in [2.05, 4.69) is 10.6 Å². The first kappa shape index (κ1) is 18.9. The van der Waals surface area contributed by atoms with Gasteiger partial charge in [0.25, 0.3) is 0 Å². The van der Waals surface area contributed by atoms with Crippen molar-refractivity contribution < 1.29 is 14.3 Å². The third kappa shape index (κ3) is 6.51. The van der Waals surface area contributed by atoms with Gasteiger partial charge in [-0.3, -0.25) is 9.59 Å². The molecule has 5 nitrogen and oxygen atoms in total. The number of hydrogen-bond donors (Lipinski definition) is 2. The second-order valence-electron chi connectivity index (χ2n) is 5.31. The number of thioether (sulfide) groups is 1. The molecule has 0 heterocycles. The number of para-hydroxylation sites is 1. The van der Waals surface area contributed by atoms with Crippen molar-refractivity contribution in [2.75, 3.05) is 23.0 Å². The second-order valence-corrected chi connectivity index (χ2v) is 6.64. The van der Waals surface area contributed by atoms with Crippen LogP contribution in [0.3, 0.4) is 0 Å². The highest BCUT2D eigenvalue weighted by Gasteiger charge is 2.15. The monoisotopic (exact) mass is 358 g/mol. The molecule has 0 bridgehead atoms. The third-order valence-corrected chi connectivity index (χ3v) is 4.47. The van der Waals surface area contributed by atoms with Crippen molar-refractivity contribution in [3.05, 3.63) is 54.6 Å². The maximum absolute atomic E-state index is 12.2. The Bertz CT molecular complexity index is 690. The van der Waals surface area contributed by atoms with Crippen molar-refractivity contribution in [1.29, 1.82) is 0 Å². The highest BCUT2D eigenvalue weighted by atomic mass is 32.2. The number of carbonyl (C=O) groups is 2. The van der Waals surface area contributed by atoms with Crippen molar-refractivity contribution in [3.63, 3.8) is 0 Å². The molecule has 2 rings (SSSR count). The van der Waals surface area contributed by atoms with Crippen molar-refractivity contribution in [2.45, 2.75) is 19.1 Å². The summed E-state index contributed by atoms with van der Waals surface area (Å²) in [6.07, 6.45) is 0. The average Bonchev–Trinajstić information content (AvgIpc) is 2.62. The Morgan fingerprint density at radius 2 is 1.64 bits per heavy atom. The average molecular weight is 358 g/mol. The van der Waals surface area contributed by atoms with E-state index in [0.29, 0.717) is 12.3 Å². The van der Waals surface area contributed by atoms with Gasteiger partial charge in [0, 0.05) is 11.4 Å². The molecular formula is C19H22N2O3S. The number of benzene rings is 2. The predicted molar refractivity (Wildman–Crippen MR) is 103 cm³/mol. The van der Waals surface area contributed by atoms with Gasteiger partial charge in [-0.1, -0.05) is 18.2 Å². The maximum Gasteiger partial charge on any atom is 0.237 e. The molecule has 25 heavy (non-hydrogen) atoms. The zero-order chi connectivity index (χ0) is 18.1. The van der Waals surface area contributed by atoms with Gasteiger partial charge >= 0.3 is 0 Å². The molecule has 0 fully saturated rings. The summed E-state index contributed by atoms with van der Waals surface area (Å²) in [6.45, 7) is 4.30. The molecule has 2 N–H and O–H groups in total. The van der Waals surface area contributed by atoms with Crippen LogP contribution in [0.25, 0.3) is 0 Å². The Balaban J connectivity index is 1.76. The molecular weight excluding hydrogens is 336 g/mol. The van der Waals surface area contributed by atoms with Gasteiger partial charge in [0.05, 0.1) is 17.6 Å². The summed E-state index contributed by atoms with van der Waals surface area (Å²) in [6, 6.07) is 16.5. The number of ether oxygens (including phenoxy) is 1. The van der Waals surface area contributed by atoms with Crippen LogP contribution in [-0.4, -0.2) is 29.4 Å². The first-order chi connectivity index (χ1) is 12.1. The van der Waals surface area contributed by atoms with Gasteiger partial charge in [-0.25, -0.2) is 0 Å². The van der Waals surface area contributed by atoms with E-state index in [9.17, 15) is 9.59 Å². The second kappa shape index (κ2) is 9.74. The summed E-state index contributed by atoms with van der Waals surface area (Å²) >= 11 is 1.29. The van der Waals surface area contributed by atoms with Crippen molar-refractivity contribution in [1.82, 2.24) is 0 Å². The quantitative estimate of drug-likeness (QED) is 0.753. The third-order valence-electron chi connectivity index (χ3n) is 3.32. The highest BCUT2D eigenvalue weighted by Crippen LogP contribution is 2.18. The predicted octanol–water partition coefficient (Wildman–Crippen LogP) is 3.78. The van der Waals surface area contributed by atoms with Crippen molar-refractivity contribution >= 4 is 35.0 Å². The lowest BCUT2D eigenvalue weighted by Crippen LogP contribution is -2.25. The van der Waals surface area contributed by atoms with Crippen LogP contribution in [-0.2, 0) is 9.59 Å². The fourth-order valence-corrected chi connectivity index (χ4v) is 2.72. The lowest BCUT2D eigenvalue weighted by molar-refractivity contribution is -0.115. The minimum Gasteiger partial charge on any atom is -0.494 e. The van der Waals surface area contributed by atoms with Gasteiger partial charge in [0.2, 0.25) is 11.8 Å². The standard InChI is InChI=1S/C19H22N2O3S/c1-3-24-17-11-9-16(10-12-17)21-19(23)14(2)25-13-18(22)20-15-7-5-4-6-8-15/h4-12,14H,3,13H2,1-2H3,(H,20,22)(H,21,23)/t14-/m1/s1. The molecule has 2 aromatic carbocycles. The van der Waals surface area contributed by atoms with Crippen LogP contribution in [0.15, 0.2) is 54.6 Å². The van der Waals surface area contributed by atoms with Crippen LogP contribution in [0.5, 0.6) is 5.75 Å². The van der Waals surface area contributed by atoms with Crippen LogP contribution >= 0.6 is 11.8 Å². The molecule has 0 saturated carbocycles. The van der Waals surface area contributed by atoms with E-state index >= 15 is 0 Å². The van der Waals surface area contributed by atoms with Gasteiger partial charge in [0.15, 0.2) is 0 Å². The van der Waals surface area contributed by atoms with Crippen LogP contribution in [0.4, 0.5) is 11.4 Å². The number of rotatable bonds is 8. The first-order valence-electron chi connectivity index (χ1n) is 8.08. The van der Waals surface area contributed by atoms with Gasteiger partial charge in [-0.05, 0) is 50.2 Å². The van der Waals surface area contributed by atoms with Gasteiger partial charge in [0.1, 0.15) is 5.75 Å². The zero-order valence-corrected chi connectivity index (χ0v) is 15.1. The van der Waals surface area contributed by atoms with Gasteiger partial charge in [-0.2, -0.15) is 0 Å². The summed E-state index contributed by atoms with van der Waals surface area (Å²) in [5.74, 6) is 0.714. The molecule has 0 radical (unpaired) electrons. The van der Waals surface area contributed by atoms with E-state index < -0.39 is 0 Å². The summed E-state index contributed by atoms with van der Waals surface area (Å²) in [7, 11) is 0. The van der Waals surface area contributed by atoms with E-state index in [4.69, 9.17) is 4.74 Å². The Hall–Kier alpha value is -2.47. The molecule has 0 saturated heterocycles. The Morgan fingerprint density at radius 1 is 1.00 bits per heavy atom. The molecule has 0 unspecified atom stereocenters. The number of nitrogens with one attached hydrogen (secondary N) is 2. The Morgan fingerprint density at radius 3 is 2.28 bits per heavy atom. The fraction of sp³-hybridized carbons (Fsp3) is 0.263. The number of hydrogen-bond acceptors (Lipinski definition) is 4. The van der Waals surface area contributed by atoms with Crippen LogP contribution < -0.4 is 15.4 Å². The van der Waals surface area contributed by atoms with Crippen LogP contribution in [0, 0.1) is 0 Å². The molecule has 0 aromatic heterocycles. The lowest BCUT2D eigenvalue weighted by atomic mass is 10.3. The topological polar surface area (TPSA) is 67.4 Å². The molecule has 1 atom stereocenters. The normalized spacial score (nSPS) is 11.4. The molecule has 132 valence electrons. The van der Waals surface area contributed by atoms with Gasteiger partial charge < -0.3 is 15.4 Å². The van der Waals surface area contributed by atoms with Crippen molar-refractivity contribution in [3.8, 4) is 5.75 Å². The van der Waals surface area contributed by atoms with Crippen LogP contribution in [0.2, 0.25) is 0 Å². The smallest absolute Gasteiger partial charge is 0.237 e. The highest BCUT2D eigenvalue weighted by molar-refractivity contribution is 8.01. The largest absolute Gasteiger partial charge is 0.494 e. The van der Waals surface area contributed by atoms with E-state index in [-0.39, 0.29) is 22.8 Å². The number of amides is 2. The van der Waals surface area contributed by atoms with Gasteiger partial charge in [-0.15, -0.1) is 11.8 Å². The summed E-state index contributed by atoms with van der Waals surface area (Å²) in [5, 5.41) is 5.30. The Labute approximate surface area is 152 Å². The molecule has 0 aliphatic carbocycles. The molecule has 0 spiro atoms. The molecule has 6 heteroatoms. The maximum atomic E-state index is 12.2. The zero-order valence-electron chi connectivity index (χ0n) is 14.3. The summed E-state index contributed by atoms with van der Waals surface area (Å²) < 4.78 is 5.37. The van der Waals surface area contributed by atoms with Crippen molar-refractivity contribution in [2.24, 2.45) is 0 Å². The summed E-state index contributed by atoms with van der Waals surface area (Å²) in [4.78, 5) is 24.1. The first-order valence-corrected chi connectivity index (χ1v) is 9.13. The molecule has 0 aliphatic rings. The minimum atomic E-state index is -0.340. The molecule has 2 aromatic rings. The summed E-state index contributed by atoms with van der Waals surface area (Å²) in [5.41, 5.74) is 1.45. The number of anilines is 2. The fourth-order valence-electron chi connectivity index (χ4n) is 2.04. The molecule has 0 aliphatic heterocycles. The van der Waals surface area contributed by atoms with E-state index in [1.165, 1.54) is 11.8 Å². The minimum absolute atomic E-state index is 0.128. The van der Waals surface area contributed by atoms with E-state index in [0.717, 1.165) is 11.4 Å². The van der Waals surface area contributed by atoms with Crippen LogP contribution in [0.1, 0.15) is 13.8 Å². The lowest BCUT2D eigenvalue weighted by Gasteiger charge is -2.12. The van der Waals surface area contributed by atoms with E-state index in [1.54, 1.807) is 19.1 Å². The number of carbonyl (C=O) groups excluding carboxylic acids is 2. The van der Waals surface area contributed by atoms with E-state index in [1.807, 2.05) is 49.4 Å². The SMILES string of the molecule is CCOc1ccc(NC(=O)[C@@H](C)SCC(=O)Nc2ccccc2)cc1. The molecule has 2 amide bonds.